The summed E-state index contributed by atoms with van der Waals surface area (Å²) in [5.74, 6) is 0. The summed E-state index contributed by atoms with van der Waals surface area (Å²) in [5.41, 5.74) is 0.849. The Morgan fingerprint density at radius 1 is 1.47 bits per heavy atom. The number of nitrogens with zero attached hydrogens (tertiary/aromatic N) is 1. The Morgan fingerprint density at radius 2 is 2.18 bits per heavy atom. The molecule has 0 aromatic heterocycles. The molecule has 0 spiro atoms. The smallest absolute Gasteiger partial charge is 0.292 e. The zero-order valence-electron chi connectivity index (χ0n) is 9.59. The summed E-state index contributed by atoms with van der Waals surface area (Å²) >= 11 is 0. The van der Waals surface area contributed by atoms with Crippen LogP contribution < -0.4 is 5.32 Å². The van der Waals surface area contributed by atoms with Crippen LogP contribution in [0.3, 0.4) is 0 Å². The molecule has 0 fully saturated rings. The summed E-state index contributed by atoms with van der Waals surface area (Å²) in [5, 5.41) is 31.8. The molecule has 1 aromatic rings. The topological polar surface area (TPSA) is 95.6 Å². The number of nitro groups is 1. The van der Waals surface area contributed by atoms with E-state index in [4.69, 9.17) is 10.2 Å². The zero-order chi connectivity index (χ0) is 12.8. The number of nitrogens with one attached hydrogen (secondary N) is 1. The van der Waals surface area contributed by atoms with Gasteiger partial charge in [-0.15, -0.1) is 0 Å². The summed E-state index contributed by atoms with van der Waals surface area (Å²) in [6.45, 7) is 1.59. The van der Waals surface area contributed by atoms with Crippen molar-refractivity contribution in [3.05, 3.63) is 33.9 Å². The highest BCUT2D eigenvalue weighted by Crippen LogP contribution is 2.26. The van der Waals surface area contributed by atoms with Gasteiger partial charge in [0.15, 0.2) is 0 Å². The number of hydrogen-bond donors (Lipinski definition) is 3. The molecule has 3 N–H and O–H groups in total. The molecule has 0 unspecified atom stereocenters. The first-order valence-corrected chi connectivity index (χ1v) is 5.38. The minimum Gasteiger partial charge on any atom is -0.394 e. The highest BCUT2D eigenvalue weighted by molar-refractivity contribution is 5.63. The molecule has 0 aliphatic carbocycles. The van der Waals surface area contributed by atoms with Gasteiger partial charge in [0.05, 0.1) is 18.1 Å². The van der Waals surface area contributed by atoms with Gasteiger partial charge >= 0.3 is 0 Å². The third kappa shape index (κ3) is 3.40. The van der Waals surface area contributed by atoms with E-state index in [1.807, 2.05) is 6.92 Å². The van der Waals surface area contributed by atoms with Gasteiger partial charge in [-0.25, -0.2) is 0 Å². The molecule has 94 valence electrons. The summed E-state index contributed by atoms with van der Waals surface area (Å²) in [6, 6.07) is 4.14. The molecule has 1 rings (SSSR count). The molecule has 0 saturated carbocycles. The second-order valence-corrected chi connectivity index (χ2v) is 3.70. The van der Waals surface area contributed by atoms with E-state index in [2.05, 4.69) is 5.32 Å². The minimum absolute atomic E-state index is 0.0610. The molecule has 0 radical (unpaired) electrons. The van der Waals surface area contributed by atoms with E-state index in [-0.39, 0.29) is 24.9 Å². The molecular formula is C11H16N2O4. The van der Waals surface area contributed by atoms with Crippen molar-refractivity contribution >= 4 is 11.4 Å². The van der Waals surface area contributed by atoms with Gasteiger partial charge in [0.2, 0.25) is 0 Å². The minimum atomic E-state index is -0.492. The fourth-order valence-electron chi connectivity index (χ4n) is 1.45. The summed E-state index contributed by atoms with van der Waals surface area (Å²) in [4.78, 5) is 10.3. The van der Waals surface area contributed by atoms with Crippen molar-refractivity contribution in [2.75, 3.05) is 11.9 Å². The van der Waals surface area contributed by atoms with Crippen molar-refractivity contribution in [2.45, 2.75) is 26.0 Å². The van der Waals surface area contributed by atoms with E-state index in [0.29, 0.717) is 17.7 Å². The van der Waals surface area contributed by atoms with Crippen molar-refractivity contribution in [3.63, 3.8) is 0 Å². The van der Waals surface area contributed by atoms with E-state index in [1.165, 1.54) is 18.2 Å². The number of benzene rings is 1. The van der Waals surface area contributed by atoms with Crippen LogP contribution in [0.1, 0.15) is 18.9 Å². The van der Waals surface area contributed by atoms with Crippen molar-refractivity contribution in [2.24, 2.45) is 0 Å². The van der Waals surface area contributed by atoms with Crippen LogP contribution in [0.5, 0.6) is 0 Å². The molecule has 1 aromatic carbocycles. The third-order valence-corrected chi connectivity index (χ3v) is 2.51. The van der Waals surface area contributed by atoms with Gasteiger partial charge in [0.25, 0.3) is 5.69 Å². The predicted octanol–water partition coefficient (Wildman–Crippen LogP) is 1.27. The molecule has 0 heterocycles. The van der Waals surface area contributed by atoms with Crippen LogP contribution in [-0.4, -0.2) is 27.8 Å². The molecular weight excluding hydrogens is 224 g/mol. The largest absolute Gasteiger partial charge is 0.394 e. The zero-order valence-corrected chi connectivity index (χ0v) is 9.59. The number of anilines is 1. The van der Waals surface area contributed by atoms with E-state index in [0.717, 1.165) is 0 Å². The first kappa shape index (κ1) is 13.4. The lowest BCUT2D eigenvalue weighted by molar-refractivity contribution is -0.384. The van der Waals surface area contributed by atoms with Gasteiger partial charge in [0, 0.05) is 12.1 Å². The number of aliphatic hydroxyl groups excluding tert-OH is 2. The third-order valence-electron chi connectivity index (χ3n) is 2.51. The molecule has 0 aliphatic rings. The van der Waals surface area contributed by atoms with Crippen LogP contribution >= 0.6 is 0 Å². The van der Waals surface area contributed by atoms with Gasteiger partial charge in [0.1, 0.15) is 5.69 Å². The second kappa shape index (κ2) is 6.17. The first-order valence-electron chi connectivity index (χ1n) is 5.38. The Bertz CT molecular complexity index is 391. The maximum absolute atomic E-state index is 10.8. The number of aliphatic hydroxyl groups is 2. The van der Waals surface area contributed by atoms with E-state index in [9.17, 15) is 10.1 Å². The molecule has 0 saturated heterocycles. The normalized spacial score (nSPS) is 12.2. The van der Waals surface area contributed by atoms with Gasteiger partial charge in [-0.2, -0.15) is 0 Å². The summed E-state index contributed by atoms with van der Waals surface area (Å²) in [7, 11) is 0. The van der Waals surface area contributed by atoms with E-state index >= 15 is 0 Å². The molecule has 0 bridgehead atoms. The van der Waals surface area contributed by atoms with Crippen LogP contribution in [0.15, 0.2) is 18.2 Å². The van der Waals surface area contributed by atoms with Crippen molar-refractivity contribution in [1.29, 1.82) is 0 Å². The quantitative estimate of drug-likeness (QED) is 0.514. The Balaban J connectivity index is 3.04. The van der Waals surface area contributed by atoms with Crippen LogP contribution in [0.25, 0.3) is 0 Å². The van der Waals surface area contributed by atoms with Gasteiger partial charge in [-0.3, -0.25) is 10.1 Å². The van der Waals surface area contributed by atoms with Crippen LogP contribution in [0.4, 0.5) is 11.4 Å². The molecule has 0 aliphatic heterocycles. The summed E-state index contributed by atoms with van der Waals surface area (Å²) < 4.78 is 0. The lowest BCUT2D eigenvalue weighted by Gasteiger charge is -2.16. The molecule has 0 amide bonds. The first-order chi connectivity index (χ1) is 8.12. The van der Waals surface area contributed by atoms with Crippen molar-refractivity contribution < 1.29 is 15.1 Å². The lowest BCUT2D eigenvalue weighted by atomic mass is 10.1. The SMILES string of the molecule is CC[C@@H](CO)Nc1cc(CO)ccc1[N+](=O)[O-]. The fraction of sp³-hybridized carbons (Fsp3) is 0.455. The van der Waals surface area contributed by atoms with Crippen LogP contribution in [0.2, 0.25) is 0 Å². The average molecular weight is 240 g/mol. The van der Waals surface area contributed by atoms with Crippen LogP contribution in [-0.2, 0) is 6.61 Å². The number of rotatable bonds is 6. The van der Waals surface area contributed by atoms with Gasteiger partial charge in [-0.1, -0.05) is 6.92 Å². The fourth-order valence-corrected chi connectivity index (χ4v) is 1.45. The Hall–Kier alpha value is -1.66. The number of hydrogen-bond acceptors (Lipinski definition) is 5. The van der Waals surface area contributed by atoms with E-state index in [1.54, 1.807) is 0 Å². The predicted molar refractivity (Wildman–Crippen MR) is 63.8 cm³/mol. The summed E-state index contributed by atoms with van der Waals surface area (Å²) in [6.07, 6.45) is 0.650. The highest BCUT2D eigenvalue weighted by Gasteiger charge is 2.16. The van der Waals surface area contributed by atoms with Crippen molar-refractivity contribution in [1.82, 2.24) is 0 Å². The second-order valence-electron chi connectivity index (χ2n) is 3.70. The maximum atomic E-state index is 10.8. The molecule has 1 atom stereocenters. The average Bonchev–Trinajstić information content (AvgIpc) is 2.35. The Labute approximate surface area is 99.0 Å². The molecule has 6 nitrogen and oxygen atoms in total. The number of nitro benzene ring substituents is 1. The Morgan fingerprint density at radius 3 is 2.65 bits per heavy atom. The maximum Gasteiger partial charge on any atom is 0.292 e. The standard InChI is InChI=1S/C11H16N2O4/c1-2-9(7-15)12-10-5-8(6-14)3-4-11(10)13(16)17/h3-5,9,12,14-15H,2,6-7H2,1H3/t9-/m0/s1. The molecule has 17 heavy (non-hydrogen) atoms. The van der Waals surface area contributed by atoms with Gasteiger partial charge < -0.3 is 15.5 Å². The monoisotopic (exact) mass is 240 g/mol. The Kier molecular flexibility index (Phi) is 4.86. The molecule has 6 heteroatoms. The van der Waals surface area contributed by atoms with Crippen LogP contribution in [0, 0.1) is 10.1 Å². The highest BCUT2D eigenvalue weighted by atomic mass is 16.6. The van der Waals surface area contributed by atoms with Crippen molar-refractivity contribution in [3.8, 4) is 0 Å². The van der Waals surface area contributed by atoms with Gasteiger partial charge in [-0.05, 0) is 24.1 Å². The lowest BCUT2D eigenvalue weighted by Crippen LogP contribution is -2.23. The van der Waals surface area contributed by atoms with E-state index < -0.39 is 4.92 Å².